The lowest BCUT2D eigenvalue weighted by Gasteiger charge is -2.30. The standard InChI is InChI=1S/C20H23ClN2O5S/c1-5-18(23(29(4,26)27)15-9-6-13(2)7-10-15)19(24)22-14-8-11-17(21)16(12-14)20(25)28-3/h6-12,18H,5H2,1-4H3,(H,22,24)/t18-/m0/s1. The van der Waals surface area contributed by atoms with Gasteiger partial charge in [-0.15, -0.1) is 0 Å². The largest absolute Gasteiger partial charge is 0.465 e. The number of carbonyl (C=O) groups is 2. The number of nitrogens with one attached hydrogen (secondary N) is 1. The third-order valence-corrected chi connectivity index (χ3v) is 5.77. The van der Waals surface area contributed by atoms with Gasteiger partial charge in [0, 0.05) is 5.69 Å². The van der Waals surface area contributed by atoms with Gasteiger partial charge in [-0.1, -0.05) is 36.2 Å². The summed E-state index contributed by atoms with van der Waals surface area (Å²) in [5.41, 5.74) is 1.76. The molecule has 0 aliphatic carbocycles. The second kappa shape index (κ2) is 9.28. The topological polar surface area (TPSA) is 92.8 Å². The second-order valence-corrected chi connectivity index (χ2v) is 8.76. The van der Waals surface area contributed by atoms with Crippen LogP contribution in [0.3, 0.4) is 0 Å². The number of halogens is 1. The molecule has 0 spiro atoms. The Hall–Kier alpha value is -2.58. The number of methoxy groups -OCH3 is 1. The van der Waals surface area contributed by atoms with Crippen LogP contribution in [-0.2, 0) is 19.6 Å². The fraction of sp³-hybridized carbons (Fsp3) is 0.300. The van der Waals surface area contributed by atoms with Gasteiger partial charge in [0.2, 0.25) is 15.9 Å². The Labute approximate surface area is 175 Å². The molecule has 1 N–H and O–H groups in total. The predicted molar refractivity (Wildman–Crippen MR) is 114 cm³/mol. The Kier molecular flexibility index (Phi) is 7.26. The van der Waals surface area contributed by atoms with Crippen LogP contribution in [0.1, 0.15) is 29.3 Å². The van der Waals surface area contributed by atoms with Crippen LogP contribution >= 0.6 is 11.6 Å². The minimum absolute atomic E-state index is 0.0959. The number of hydrogen-bond donors (Lipinski definition) is 1. The number of nitrogens with zero attached hydrogens (tertiary/aromatic N) is 1. The minimum atomic E-state index is -3.73. The molecule has 0 fully saturated rings. The number of sulfonamides is 1. The summed E-state index contributed by atoms with van der Waals surface area (Å²) >= 11 is 6.00. The molecule has 0 radical (unpaired) electrons. The number of aryl methyl sites for hydroxylation is 1. The van der Waals surface area contributed by atoms with Crippen molar-refractivity contribution in [1.29, 1.82) is 0 Å². The first-order chi connectivity index (χ1) is 13.6. The van der Waals surface area contributed by atoms with Gasteiger partial charge in [-0.25, -0.2) is 13.2 Å². The third-order valence-electron chi connectivity index (χ3n) is 4.26. The summed E-state index contributed by atoms with van der Waals surface area (Å²) in [5, 5.41) is 2.84. The SMILES string of the molecule is CC[C@@H](C(=O)Nc1ccc(Cl)c(C(=O)OC)c1)N(c1ccc(C)cc1)S(C)(=O)=O. The fourth-order valence-electron chi connectivity index (χ4n) is 2.85. The summed E-state index contributed by atoms with van der Waals surface area (Å²) in [6.07, 6.45) is 1.30. The van der Waals surface area contributed by atoms with Crippen molar-refractivity contribution in [2.45, 2.75) is 26.3 Å². The molecule has 0 saturated heterocycles. The summed E-state index contributed by atoms with van der Waals surface area (Å²) in [6.45, 7) is 3.61. The van der Waals surface area contributed by atoms with Gasteiger partial charge in [-0.2, -0.15) is 0 Å². The van der Waals surface area contributed by atoms with Crippen LogP contribution in [0.15, 0.2) is 42.5 Å². The van der Waals surface area contributed by atoms with Gasteiger partial charge in [-0.05, 0) is 43.7 Å². The average Bonchev–Trinajstić information content (AvgIpc) is 2.66. The molecule has 0 aromatic heterocycles. The zero-order valence-corrected chi connectivity index (χ0v) is 18.2. The number of rotatable bonds is 7. The van der Waals surface area contributed by atoms with Crippen molar-refractivity contribution >= 4 is 44.9 Å². The van der Waals surface area contributed by atoms with E-state index < -0.39 is 27.9 Å². The monoisotopic (exact) mass is 438 g/mol. The highest BCUT2D eigenvalue weighted by Crippen LogP contribution is 2.25. The molecule has 2 aromatic carbocycles. The number of ether oxygens (including phenoxy) is 1. The highest BCUT2D eigenvalue weighted by Gasteiger charge is 2.31. The molecule has 1 amide bonds. The van der Waals surface area contributed by atoms with Crippen molar-refractivity contribution in [1.82, 2.24) is 0 Å². The van der Waals surface area contributed by atoms with E-state index in [0.29, 0.717) is 11.4 Å². The first-order valence-electron chi connectivity index (χ1n) is 8.83. The third kappa shape index (κ3) is 5.48. The molecule has 0 bridgehead atoms. The average molecular weight is 439 g/mol. The molecule has 0 saturated carbocycles. The Morgan fingerprint density at radius 2 is 1.79 bits per heavy atom. The summed E-state index contributed by atoms with van der Waals surface area (Å²) in [4.78, 5) is 24.7. The van der Waals surface area contributed by atoms with E-state index in [1.807, 2.05) is 6.92 Å². The quantitative estimate of drug-likeness (QED) is 0.666. The molecule has 156 valence electrons. The Morgan fingerprint density at radius 1 is 1.17 bits per heavy atom. The van der Waals surface area contributed by atoms with Crippen molar-refractivity contribution in [3.8, 4) is 0 Å². The molecular weight excluding hydrogens is 416 g/mol. The van der Waals surface area contributed by atoms with Crippen LogP contribution in [-0.4, -0.2) is 39.7 Å². The van der Waals surface area contributed by atoms with Crippen LogP contribution in [0, 0.1) is 6.92 Å². The lowest BCUT2D eigenvalue weighted by molar-refractivity contribution is -0.117. The molecular formula is C20H23ClN2O5S. The molecule has 1 atom stereocenters. The lowest BCUT2D eigenvalue weighted by atomic mass is 10.1. The number of amides is 1. The van der Waals surface area contributed by atoms with Crippen LogP contribution in [0.2, 0.25) is 5.02 Å². The first kappa shape index (κ1) is 22.7. The van der Waals surface area contributed by atoms with Crippen LogP contribution in [0.25, 0.3) is 0 Å². The molecule has 9 heteroatoms. The van der Waals surface area contributed by atoms with E-state index >= 15 is 0 Å². The maximum Gasteiger partial charge on any atom is 0.339 e. The summed E-state index contributed by atoms with van der Waals surface area (Å²) in [5.74, 6) is -1.17. The molecule has 0 aliphatic rings. The molecule has 7 nitrogen and oxygen atoms in total. The molecule has 0 unspecified atom stereocenters. The number of carbonyl (C=O) groups excluding carboxylic acids is 2. The van der Waals surface area contributed by atoms with E-state index in [0.717, 1.165) is 16.1 Å². The van der Waals surface area contributed by atoms with Gasteiger partial charge in [0.15, 0.2) is 0 Å². The number of anilines is 2. The van der Waals surface area contributed by atoms with Gasteiger partial charge in [0.25, 0.3) is 0 Å². The van der Waals surface area contributed by atoms with Crippen LogP contribution in [0.5, 0.6) is 0 Å². The number of benzene rings is 2. The van der Waals surface area contributed by atoms with Gasteiger partial charge in [-0.3, -0.25) is 9.10 Å². The second-order valence-electron chi connectivity index (χ2n) is 6.49. The molecule has 2 aromatic rings. The van der Waals surface area contributed by atoms with E-state index in [-0.39, 0.29) is 17.0 Å². The first-order valence-corrected chi connectivity index (χ1v) is 11.1. The van der Waals surface area contributed by atoms with E-state index in [1.54, 1.807) is 31.2 Å². The number of esters is 1. The zero-order valence-electron chi connectivity index (χ0n) is 16.6. The van der Waals surface area contributed by atoms with E-state index in [4.69, 9.17) is 11.6 Å². The fourth-order valence-corrected chi connectivity index (χ4v) is 4.25. The summed E-state index contributed by atoms with van der Waals surface area (Å²) in [6, 6.07) is 10.3. The number of hydrogen-bond acceptors (Lipinski definition) is 5. The predicted octanol–water partition coefficient (Wildman–Crippen LogP) is 3.62. The van der Waals surface area contributed by atoms with Crippen molar-refractivity contribution in [2.24, 2.45) is 0 Å². The molecule has 0 heterocycles. The minimum Gasteiger partial charge on any atom is -0.465 e. The Morgan fingerprint density at radius 3 is 2.31 bits per heavy atom. The smallest absolute Gasteiger partial charge is 0.339 e. The zero-order chi connectivity index (χ0) is 21.8. The maximum atomic E-state index is 12.9. The normalized spacial score (nSPS) is 12.2. The maximum absolute atomic E-state index is 12.9. The van der Waals surface area contributed by atoms with E-state index in [1.165, 1.54) is 25.3 Å². The Balaban J connectivity index is 2.37. The highest BCUT2D eigenvalue weighted by atomic mass is 35.5. The summed E-state index contributed by atoms with van der Waals surface area (Å²) < 4.78 is 30.7. The van der Waals surface area contributed by atoms with Crippen molar-refractivity contribution in [2.75, 3.05) is 23.0 Å². The van der Waals surface area contributed by atoms with E-state index in [9.17, 15) is 18.0 Å². The van der Waals surface area contributed by atoms with Gasteiger partial charge in [0.1, 0.15) is 6.04 Å². The van der Waals surface area contributed by atoms with Crippen molar-refractivity contribution in [3.05, 3.63) is 58.6 Å². The Bertz CT molecular complexity index is 1010. The summed E-state index contributed by atoms with van der Waals surface area (Å²) in [7, 11) is -2.51. The lowest BCUT2D eigenvalue weighted by Crippen LogP contribution is -2.47. The van der Waals surface area contributed by atoms with Gasteiger partial charge < -0.3 is 10.1 Å². The van der Waals surface area contributed by atoms with E-state index in [2.05, 4.69) is 10.1 Å². The molecule has 2 rings (SSSR count). The van der Waals surface area contributed by atoms with Crippen LogP contribution in [0.4, 0.5) is 11.4 Å². The van der Waals surface area contributed by atoms with Gasteiger partial charge >= 0.3 is 5.97 Å². The molecule has 0 aliphatic heterocycles. The van der Waals surface area contributed by atoms with Crippen molar-refractivity contribution in [3.63, 3.8) is 0 Å². The van der Waals surface area contributed by atoms with Gasteiger partial charge in [0.05, 0.1) is 29.6 Å². The van der Waals surface area contributed by atoms with Crippen molar-refractivity contribution < 1.29 is 22.7 Å². The molecule has 29 heavy (non-hydrogen) atoms. The highest BCUT2D eigenvalue weighted by molar-refractivity contribution is 7.92. The van der Waals surface area contributed by atoms with Crippen LogP contribution < -0.4 is 9.62 Å².